The van der Waals surface area contributed by atoms with Crippen LogP contribution in [0.15, 0.2) is 18.3 Å². The maximum absolute atomic E-state index is 11.6. The topological polar surface area (TPSA) is 42.0 Å². The van der Waals surface area contributed by atoms with Crippen molar-refractivity contribution in [3.8, 4) is 0 Å². The second kappa shape index (κ2) is 3.82. The van der Waals surface area contributed by atoms with Crippen molar-refractivity contribution in [1.29, 1.82) is 0 Å². The molecule has 1 rings (SSSR count). The normalized spacial score (nSPS) is 11.1. The fourth-order valence-electron chi connectivity index (χ4n) is 0.833. The number of amides is 1. The number of pyridine rings is 1. The Kier molecular flexibility index (Phi) is 2.94. The van der Waals surface area contributed by atoms with Crippen molar-refractivity contribution >= 4 is 25.0 Å². The summed E-state index contributed by atoms with van der Waals surface area (Å²) in [5, 5.41) is 2.72. The van der Waals surface area contributed by atoms with Crippen molar-refractivity contribution in [2.75, 3.05) is 5.32 Å². The fraction of sp³-hybridized carbons (Fsp3) is 0.400. The van der Waals surface area contributed by atoms with Crippen LogP contribution in [0, 0.1) is 5.41 Å². The van der Waals surface area contributed by atoms with Crippen LogP contribution in [0.2, 0.25) is 0 Å². The number of nitrogens with one attached hydrogen (secondary N) is 1. The summed E-state index contributed by atoms with van der Waals surface area (Å²) in [7, 11) is 5.59. The van der Waals surface area contributed by atoms with E-state index >= 15 is 0 Å². The Morgan fingerprint density at radius 1 is 1.50 bits per heavy atom. The van der Waals surface area contributed by atoms with E-state index in [1.807, 2.05) is 20.8 Å². The van der Waals surface area contributed by atoms with Crippen LogP contribution in [0.4, 0.5) is 5.69 Å². The average molecular weight is 188 g/mol. The summed E-state index contributed by atoms with van der Waals surface area (Å²) in [6, 6.07) is 3.46. The molecule has 0 aliphatic carbocycles. The zero-order valence-corrected chi connectivity index (χ0v) is 8.66. The molecule has 0 aliphatic heterocycles. The number of carbonyl (C=O) groups excluding carboxylic acids is 1. The van der Waals surface area contributed by atoms with Gasteiger partial charge < -0.3 is 5.32 Å². The van der Waals surface area contributed by atoms with Gasteiger partial charge in [0.2, 0.25) is 5.91 Å². The number of hydrogen-bond donors (Lipinski definition) is 1. The highest BCUT2D eigenvalue weighted by Crippen LogP contribution is 2.15. The Bertz CT molecular complexity index is 344. The third-order valence-corrected chi connectivity index (χ3v) is 1.77. The van der Waals surface area contributed by atoms with Crippen LogP contribution >= 0.6 is 0 Å². The van der Waals surface area contributed by atoms with E-state index < -0.39 is 5.41 Å². The molecule has 0 saturated heterocycles. The lowest BCUT2D eigenvalue weighted by Crippen LogP contribution is -2.30. The summed E-state index contributed by atoms with van der Waals surface area (Å²) < 4.78 is 0. The molecule has 0 aromatic carbocycles. The Hall–Kier alpha value is -1.32. The molecule has 2 radical (unpaired) electrons. The highest BCUT2D eigenvalue weighted by Gasteiger charge is 2.21. The number of carbonyl (C=O) groups is 1. The van der Waals surface area contributed by atoms with E-state index in [0.717, 1.165) is 0 Å². The minimum absolute atomic E-state index is 0.0720. The van der Waals surface area contributed by atoms with Crippen LogP contribution < -0.4 is 10.9 Å². The van der Waals surface area contributed by atoms with Crippen LogP contribution in [0.25, 0.3) is 0 Å². The maximum Gasteiger partial charge on any atom is 0.229 e. The number of anilines is 1. The summed E-state index contributed by atoms with van der Waals surface area (Å²) in [4.78, 5) is 15.5. The van der Waals surface area contributed by atoms with E-state index in [-0.39, 0.29) is 5.91 Å². The molecule has 1 heterocycles. The molecule has 1 aromatic heterocycles. The molecular formula is C10H13BN2O. The monoisotopic (exact) mass is 188 g/mol. The lowest BCUT2D eigenvalue weighted by molar-refractivity contribution is -0.123. The second-order valence-electron chi connectivity index (χ2n) is 4.14. The summed E-state index contributed by atoms with van der Waals surface area (Å²) in [5.41, 5.74) is 0.472. The molecule has 0 spiro atoms. The SMILES string of the molecule is [B]c1ncccc1NC(=O)C(C)(C)C. The molecule has 0 saturated carbocycles. The standard InChI is InChI=1S/C10H13BN2O/c1-10(2,3)9(14)13-7-5-4-6-12-8(7)11/h4-6H,1-3H3,(H,13,14). The van der Waals surface area contributed by atoms with Gasteiger partial charge in [-0.2, -0.15) is 0 Å². The minimum atomic E-state index is -0.428. The minimum Gasteiger partial charge on any atom is -0.325 e. The van der Waals surface area contributed by atoms with E-state index in [1.54, 1.807) is 18.3 Å². The smallest absolute Gasteiger partial charge is 0.229 e. The van der Waals surface area contributed by atoms with E-state index in [2.05, 4.69) is 10.3 Å². The summed E-state index contributed by atoms with van der Waals surface area (Å²) in [6.45, 7) is 5.53. The molecule has 3 nitrogen and oxygen atoms in total. The van der Waals surface area contributed by atoms with Gasteiger partial charge in [0.25, 0.3) is 0 Å². The first-order chi connectivity index (χ1) is 6.41. The highest BCUT2D eigenvalue weighted by atomic mass is 16.2. The van der Waals surface area contributed by atoms with Gasteiger partial charge >= 0.3 is 0 Å². The van der Waals surface area contributed by atoms with Gasteiger partial charge in [-0.15, -0.1) is 0 Å². The Morgan fingerprint density at radius 3 is 2.64 bits per heavy atom. The van der Waals surface area contributed by atoms with E-state index in [9.17, 15) is 4.79 Å². The Morgan fingerprint density at radius 2 is 2.14 bits per heavy atom. The summed E-state index contributed by atoms with van der Waals surface area (Å²) in [5.74, 6) is -0.0720. The molecule has 0 atom stereocenters. The van der Waals surface area contributed by atoms with E-state index in [1.165, 1.54) is 0 Å². The predicted molar refractivity (Wildman–Crippen MR) is 57.7 cm³/mol. The van der Waals surface area contributed by atoms with Crippen molar-refractivity contribution in [3.63, 3.8) is 0 Å². The molecule has 14 heavy (non-hydrogen) atoms. The third-order valence-electron chi connectivity index (χ3n) is 1.77. The molecule has 1 amide bonds. The predicted octanol–water partition coefficient (Wildman–Crippen LogP) is 0.860. The maximum atomic E-state index is 11.6. The third kappa shape index (κ3) is 2.59. The number of rotatable bonds is 1. The van der Waals surface area contributed by atoms with Crippen LogP contribution in [0.5, 0.6) is 0 Å². The fourth-order valence-corrected chi connectivity index (χ4v) is 0.833. The molecule has 4 heteroatoms. The zero-order valence-electron chi connectivity index (χ0n) is 8.66. The van der Waals surface area contributed by atoms with Crippen molar-refractivity contribution in [1.82, 2.24) is 4.98 Å². The average Bonchev–Trinajstić information content (AvgIpc) is 2.07. The Labute approximate surface area is 85.3 Å². The van der Waals surface area contributed by atoms with Gasteiger partial charge in [-0.3, -0.25) is 9.78 Å². The van der Waals surface area contributed by atoms with Gasteiger partial charge in [0.15, 0.2) is 0 Å². The highest BCUT2D eigenvalue weighted by molar-refractivity contribution is 6.34. The lowest BCUT2D eigenvalue weighted by Gasteiger charge is -2.18. The number of nitrogens with zero attached hydrogens (tertiary/aromatic N) is 1. The van der Waals surface area contributed by atoms with Crippen LogP contribution in [-0.2, 0) is 4.79 Å². The molecule has 0 bridgehead atoms. The van der Waals surface area contributed by atoms with Gasteiger partial charge in [-0.1, -0.05) is 20.8 Å². The largest absolute Gasteiger partial charge is 0.325 e. The van der Waals surface area contributed by atoms with Gasteiger partial charge in [-0.05, 0) is 12.1 Å². The van der Waals surface area contributed by atoms with Crippen molar-refractivity contribution in [2.45, 2.75) is 20.8 Å². The van der Waals surface area contributed by atoms with Crippen LogP contribution in [0.1, 0.15) is 20.8 Å². The van der Waals surface area contributed by atoms with E-state index in [4.69, 9.17) is 7.85 Å². The van der Waals surface area contributed by atoms with Gasteiger partial charge in [0.1, 0.15) is 7.85 Å². The molecule has 72 valence electrons. The molecule has 1 N–H and O–H groups in total. The van der Waals surface area contributed by atoms with Gasteiger partial charge in [0.05, 0.1) is 5.69 Å². The zero-order chi connectivity index (χ0) is 10.8. The lowest BCUT2D eigenvalue weighted by atomic mass is 9.94. The molecule has 0 fully saturated rings. The van der Waals surface area contributed by atoms with Crippen molar-refractivity contribution in [3.05, 3.63) is 18.3 Å². The first-order valence-corrected chi connectivity index (χ1v) is 4.43. The quantitative estimate of drug-likeness (QED) is 0.664. The van der Waals surface area contributed by atoms with Gasteiger partial charge in [-0.25, -0.2) is 0 Å². The van der Waals surface area contributed by atoms with Crippen LogP contribution in [0.3, 0.4) is 0 Å². The first kappa shape index (κ1) is 10.8. The number of aromatic nitrogens is 1. The van der Waals surface area contributed by atoms with Crippen molar-refractivity contribution in [2.24, 2.45) is 5.41 Å². The van der Waals surface area contributed by atoms with E-state index in [0.29, 0.717) is 11.3 Å². The van der Waals surface area contributed by atoms with Gasteiger partial charge in [0, 0.05) is 17.2 Å². The first-order valence-electron chi connectivity index (χ1n) is 4.43. The summed E-state index contributed by atoms with van der Waals surface area (Å²) >= 11 is 0. The Balaban J connectivity index is 2.80. The second-order valence-corrected chi connectivity index (χ2v) is 4.14. The molecule has 1 aromatic rings. The number of hydrogen-bond acceptors (Lipinski definition) is 2. The van der Waals surface area contributed by atoms with Crippen molar-refractivity contribution < 1.29 is 4.79 Å². The molecule has 0 unspecified atom stereocenters. The molecular weight excluding hydrogens is 175 g/mol. The summed E-state index contributed by atoms with van der Waals surface area (Å²) in [6.07, 6.45) is 1.59. The molecule has 0 aliphatic rings. The van der Waals surface area contributed by atoms with Crippen LogP contribution in [-0.4, -0.2) is 18.7 Å².